The first-order valence-corrected chi connectivity index (χ1v) is 8.74. The molecule has 110 valence electrons. The Kier molecular flexibility index (Phi) is 4.41. The van der Waals surface area contributed by atoms with Crippen molar-refractivity contribution in [3.8, 4) is 0 Å². The molecule has 1 aliphatic heterocycles. The molecule has 0 unspecified atom stereocenters. The molecular formula is C16H24N2OS. The third-order valence-corrected chi connectivity index (χ3v) is 5.27. The molecule has 2 aliphatic rings. The highest BCUT2D eigenvalue weighted by molar-refractivity contribution is 7.07. The molecule has 0 bridgehead atoms. The van der Waals surface area contributed by atoms with Gasteiger partial charge in [0.25, 0.3) is 0 Å². The predicted octanol–water partition coefficient (Wildman–Crippen LogP) is 2.84. The molecule has 1 N–H and O–H groups in total. The zero-order valence-electron chi connectivity index (χ0n) is 12.2. The monoisotopic (exact) mass is 292 g/mol. The summed E-state index contributed by atoms with van der Waals surface area (Å²) >= 11 is 1.72. The van der Waals surface area contributed by atoms with Crippen LogP contribution in [0.2, 0.25) is 0 Å². The Morgan fingerprint density at radius 1 is 1.45 bits per heavy atom. The number of nitrogens with zero attached hydrogens (tertiary/aromatic N) is 1. The highest BCUT2D eigenvalue weighted by Gasteiger charge is 2.40. The fourth-order valence-corrected chi connectivity index (χ4v) is 3.92. The number of hydrogen-bond acceptors (Lipinski definition) is 3. The molecule has 3 nitrogen and oxygen atoms in total. The molecule has 2 atom stereocenters. The molecular weight excluding hydrogens is 268 g/mol. The van der Waals surface area contributed by atoms with Crippen LogP contribution in [0.15, 0.2) is 16.8 Å². The summed E-state index contributed by atoms with van der Waals surface area (Å²) in [4.78, 5) is 14.9. The van der Waals surface area contributed by atoms with Gasteiger partial charge in [-0.1, -0.05) is 6.92 Å². The summed E-state index contributed by atoms with van der Waals surface area (Å²) in [5.41, 5.74) is 1.33. The van der Waals surface area contributed by atoms with Gasteiger partial charge in [0.15, 0.2) is 0 Å². The number of amides is 1. The van der Waals surface area contributed by atoms with Gasteiger partial charge >= 0.3 is 0 Å². The topological polar surface area (TPSA) is 32.3 Å². The van der Waals surface area contributed by atoms with Crippen LogP contribution in [0.1, 0.15) is 44.1 Å². The number of likely N-dealkylation sites (tertiary alicyclic amines) is 1. The summed E-state index contributed by atoms with van der Waals surface area (Å²) in [5.74, 6) is 1.28. The standard InChI is InChI=1S/C16H24N2OS/c1-12(14-6-9-20-11-14)10-17-16(19)15(13-4-5-13)18-7-2-3-8-18/h6,9,11-13,15H,2-5,7-8,10H2,1H3,(H,17,19)/t12-,15+/m1/s1. The van der Waals surface area contributed by atoms with E-state index in [1.54, 1.807) is 11.3 Å². The van der Waals surface area contributed by atoms with Gasteiger partial charge in [-0.25, -0.2) is 0 Å². The molecule has 1 saturated carbocycles. The van der Waals surface area contributed by atoms with Crippen molar-refractivity contribution in [1.29, 1.82) is 0 Å². The number of thiophene rings is 1. The first kappa shape index (κ1) is 14.1. The normalized spacial score (nSPS) is 22.6. The van der Waals surface area contributed by atoms with Gasteiger partial charge in [0.1, 0.15) is 0 Å². The van der Waals surface area contributed by atoms with Crippen LogP contribution >= 0.6 is 11.3 Å². The van der Waals surface area contributed by atoms with Crippen molar-refractivity contribution >= 4 is 17.2 Å². The summed E-state index contributed by atoms with van der Waals surface area (Å²) in [5, 5.41) is 7.47. The Morgan fingerprint density at radius 2 is 2.20 bits per heavy atom. The Balaban J connectivity index is 1.54. The summed E-state index contributed by atoms with van der Waals surface area (Å²) in [7, 11) is 0. The molecule has 20 heavy (non-hydrogen) atoms. The van der Waals surface area contributed by atoms with Gasteiger partial charge in [0.05, 0.1) is 6.04 Å². The second kappa shape index (κ2) is 6.27. The third-order valence-electron chi connectivity index (χ3n) is 4.57. The lowest BCUT2D eigenvalue weighted by molar-refractivity contribution is -0.126. The Hall–Kier alpha value is -0.870. The van der Waals surface area contributed by atoms with Gasteiger partial charge in [-0.3, -0.25) is 9.69 Å². The summed E-state index contributed by atoms with van der Waals surface area (Å²) < 4.78 is 0. The number of carbonyl (C=O) groups is 1. The van der Waals surface area contributed by atoms with E-state index in [0.717, 1.165) is 19.6 Å². The van der Waals surface area contributed by atoms with Crippen LogP contribution in [0.4, 0.5) is 0 Å². The van der Waals surface area contributed by atoms with Crippen LogP contribution in [0.25, 0.3) is 0 Å². The molecule has 4 heteroatoms. The first-order chi connectivity index (χ1) is 9.75. The van der Waals surface area contributed by atoms with Gasteiger partial charge in [0.2, 0.25) is 5.91 Å². The molecule has 2 heterocycles. The average molecular weight is 292 g/mol. The van der Waals surface area contributed by atoms with Crippen LogP contribution in [-0.2, 0) is 4.79 Å². The van der Waals surface area contributed by atoms with E-state index in [-0.39, 0.29) is 11.9 Å². The third kappa shape index (κ3) is 3.23. The molecule has 3 rings (SSSR count). The van der Waals surface area contributed by atoms with Crippen LogP contribution in [-0.4, -0.2) is 36.5 Å². The van der Waals surface area contributed by atoms with Crippen LogP contribution in [0, 0.1) is 5.92 Å². The zero-order valence-corrected chi connectivity index (χ0v) is 13.0. The van der Waals surface area contributed by atoms with Gasteiger partial charge < -0.3 is 5.32 Å². The number of rotatable bonds is 6. The molecule has 1 saturated heterocycles. The second-order valence-corrected chi connectivity index (χ2v) is 7.01. The van der Waals surface area contributed by atoms with Crippen molar-refractivity contribution < 1.29 is 4.79 Å². The van der Waals surface area contributed by atoms with Gasteiger partial charge in [-0.05, 0) is 73.0 Å². The molecule has 0 aromatic carbocycles. The van der Waals surface area contributed by atoms with Crippen molar-refractivity contribution in [3.63, 3.8) is 0 Å². The number of carbonyl (C=O) groups excluding carboxylic acids is 1. The lowest BCUT2D eigenvalue weighted by Crippen LogP contribution is -2.47. The van der Waals surface area contributed by atoms with Crippen molar-refractivity contribution in [1.82, 2.24) is 10.2 Å². The highest BCUT2D eigenvalue weighted by Crippen LogP contribution is 2.36. The van der Waals surface area contributed by atoms with E-state index in [1.807, 2.05) is 0 Å². The SMILES string of the molecule is C[C@H](CNC(=O)[C@H](C1CC1)N1CCCC1)c1ccsc1. The van der Waals surface area contributed by atoms with E-state index >= 15 is 0 Å². The van der Waals surface area contributed by atoms with Crippen molar-refractivity contribution in [2.45, 2.75) is 44.6 Å². The van der Waals surface area contributed by atoms with E-state index in [1.165, 1.54) is 31.2 Å². The molecule has 0 spiro atoms. The highest BCUT2D eigenvalue weighted by atomic mass is 32.1. The quantitative estimate of drug-likeness (QED) is 0.874. The molecule has 2 fully saturated rings. The molecule has 1 amide bonds. The van der Waals surface area contributed by atoms with Crippen molar-refractivity contribution in [2.75, 3.05) is 19.6 Å². The first-order valence-electron chi connectivity index (χ1n) is 7.79. The van der Waals surface area contributed by atoms with Gasteiger partial charge in [0, 0.05) is 6.54 Å². The zero-order chi connectivity index (χ0) is 13.9. The summed E-state index contributed by atoms with van der Waals surface area (Å²) in [6.45, 7) is 5.15. The molecule has 1 aromatic heterocycles. The van der Waals surface area contributed by atoms with Crippen LogP contribution in [0.5, 0.6) is 0 Å². The van der Waals surface area contributed by atoms with E-state index in [2.05, 4.69) is 34.0 Å². The van der Waals surface area contributed by atoms with E-state index in [4.69, 9.17) is 0 Å². The van der Waals surface area contributed by atoms with Crippen molar-refractivity contribution in [2.24, 2.45) is 5.92 Å². The van der Waals surface area contributed by atoms with E-state index in [0.29, 0.717) is 11.8 Å². The fraction of sp³-hybridized carbons (Fsp3) is 0.688. The van der Waals surface area contributed by atoms with E-state index < -0.39 is 0 Å². The lowest BCUT2D eigenvalue weighted by atomic mass is 10.0. The number of hydrogen-bond donors (Lipinski definition) is 1. The summed E-state index contributed by atoms with van der Waals surface area (Å²) in [6.07, 6.45) is 4.97. The summed E-state index contributed by atoms with van der Waals surface area (Å²) in [6, 6.07) is 2.30. The Bertz CT molecular complexity index is 435. The van der Waals surface area contributed by atoms with Crippen LogP contribution < -0.4 is 5.32 Å². The minimum absolute atomic E-state index is 0.146. The largest absolute Gasteiger partial charge is 0.354 e. The minimum atomic E-state index is 0.146. The smallest absolute Gasteiger partial charge is 0.237 e. The molecule has 1 aliphatic carbocycles. The minimum Gasteiger partial charge on any atom is -0.354 e. The van der Waals surface area contributed by atoms with E-state index in [9.17, 15) is 4.79 Å². The maximum atomic E-state index is 12.5. The Labute approximate surface area is 125 Å². The lowest BCUT2D eigenvalue weighted by Gasteiger charge is -2.27. The van der Waals surface area contributed by atoms with Crippen molar-refractivity contribution in [3.05, 3.63) is 22.4 Å². The maximum absolute atomic E-state index is 12.5. The van der Waals surface area contributed by atoms with Crippen LogP contribution in [0.3, 0.4) is 0 Å². The Morgan fingerprint density at radius 3 is 2.80 bits per heavy atom. The molecule has 0 radical (unpaired) electrons. The average Bonchev–Trinajstić information content (AvgIpc) is 2.96. The maximum Gasteiger partial charge on any atom is 0.237 e. The van der Waals surface area contributed by atoms with Gasteiger partial charge in [-0.2, -0.15) is 11.3 Å². The van der Waals surface area contributed by atoms with Gasteiger partial charge in [-0.15, -0.1) is 0 Å². The predicted molar refractivity (Wildman–Crippen MR) is 83.1 cm³/mol. The molecule has 1 aromatic rings. The fourth-order valence-electron chi connectivity index (χ4n) is 3.14. The number of nitrogens with one attached hydrogen (secondary N) is 1. The second-order valence-electron chi connectivity index (χ2n) is 6.23.